The molecule has 1 heterocycles. The van der Waals surface area contributed by atoms with Crippen molar-refractivity contribution in [3.05, 3.63) is 5.28 Å². The molecule has 0 saturated carbocycles. The van der Waals surface area contributed by atoms with Crippen molar-refractivity contribution >= 4 is 17.5 Å². The van der Waals surface area contributed by atoms with Gasteiger partial charge in [0.2, 0.25) is 11.2 Å². The Morgan fingerprint density at radius 3 is 2.94 bits per heavy atom. The van der Waals surface area contributed by atoms with Crippen molar-refractivity contribution in [3.63, 3.8) is 0 Å². The summed E-state index contributed by atoms with van der Waals surface area (Å²) in [7, 11) is 0. The van der Waals surface area contributed by atoms with E-state index in [-0.39, 0.29) is 11.3 Å². The lowest BCUT2D eigenvalue weighted by atomic mass is 10.3. The van der Waals surface area contributed by atoms with Gasteiger partial charge < -0.3 is 10.1 Å². The van der Waals surface area contributed by atoms with Crippen LogP contribution < -0.4 is 10.1 Å². The summed E-state index contributed by atoms with van der Waals surface area (Å²) in [6, 6.07) is 0.224. The number of hydrogen-bond donors (Lipinski definition) is 1. The highest BCUT2D eigenvalue weighted by molar-refractivity contribution is 6.28. The van der Waals surface area contributed by atoms with Crippen molar-refractivity contribution in [1.29, 1.82) is 0 Å². The molecular formula is C10H13ClN4O. The van der Waals surface area contributed by atoms with E-state index in [4.69, 9.17) is 22.8 Å². The van der Waals surface area contributed by atoms with E-state index in [1.54, 1.807) is 0 Å². The molecule has 6 heteroatoms. The predicted molar refractivity (Wildman–Crippen MR) is 62.6 cm³/mol. The Kier molecular flexibility index (Phi) is 5.37. The summed E-state index contributed by atoms with van der Waals surface area (Å²) in [5.74, 6) is 2.96. The minimum atomic E-state index is 0.109. The predicted octanol–water partition coefficient (Wildman–Crippen LogP) is 1.75. The first-order valence-electron chi connectivity index (χ1n) is 4.98. The van der Waals surface area contributed by atoms with E-state index in [0.29, 0.717) is 25.5 Å². The molecule has 0 saturated heterocycles. The van der Waals surface area contributed by atoms with Gasteiger partial charge in [0.15, 0.2) is 0 Å². The standard InChI is InChI=1S/C10H13ClN4O/c1-3-5-6-7-12-9-13-8(11)14-10(15-9)16-4-2/h1H,4-7H2,2H3,(H,12,13,14,15). The fourth-order valence-electron chi connectivity index (χ4n) is 0.995. The lowest BCUT2D eigenvalue weighted by Crippen LogP contribution is -2.08. The zero-order valence-corrected chi connectivity index (χ0v) is 9.79. The molecule has 0 spiro atoms. The highest BCUT2D eigenvalue weighted by Crippen LogP contribution is 2.11. The average molecular weight is 241 g/mol. The van der Waals surface area contributed by atoms with Crippen LogP contribution in [0.2, 0.25) is 5.28 Å². The number of hydrogen-bond acceptors (Lipinski definition) is 5. The highest BCUT2D eigenvalue weighted by Gasteiger charge is 2.04. The maximum Gasteiger partial charge on any atom is 0.322 e. The normalized spacial score (nSPS) is 9.56. The van der Waals surface area contributed by atoms with Gasteiger partial charge in [-0.15, -0.1) is 12.3 Å². The Labute approximate surface area is 99.6 Å². The Balaban J connectivity index is 2.55. The Morgan fingerprint density at radius 1 is 1.44 bits per heavy atom. The topological polar surface area (TPSA) is 59.9 Å². The first kappa shape index (κ1) is 12.5. The van der Waals surface area contributed by atoms with Crippen LogP contribution in [0, 0.1) is 12.3 Å². The van der Waals surface area contributed by atoms with Crippen LogP contribution in [0.3, 0.4) is 0 Å². The van der Waals surface area contributed by atoms with E-state index in [1.807, 2.05) is 6.92 Å². The van der Waals surface area contributed by atoms with Crippen LogP contribution >= 0.6 is 11.6 Å². The third-order valence-corrected chi connectivity index (χ3v) is 1.81. The number of unbranched alkanes of at least 4 members (excludes halogenated alkanes) is 1. The van der Waals surface area contributed by atoms with E-state index in [9.17, 15) is 0 Å². The molecule has 0 atom stereocenters. The summed E-state index contributed by atoms with van der Waals surface area (Å²) in [4.78, 5) is 11.8. The summed E-state index contributed by atoms with van der Waals surface area (Å²) in [6.07, 6.45) is 6.70. The first-order chi connectivity index (χ1) is 7.76. The van der Waals surface area contributed by atoms with Crippen LogP contribution in [0.15, 0.2) is 0 Å². The number of aromatic nitrogens is 3. The number of halogens is 1. The van der Waals surface area contributed by atoms with Gasteiger partial charge in [-0.1, -0.05) is 0 Å². The minimum absolute atomic E-state index is 0.109. The lowest BCUT2D eigenvalue weighted by molar-refractivity contribution is 0.312. The third kappa shape index (κ3) is 4.32. The second-order valence-corrected chi connectivity index (χ2v) is 3.22. The van der Waals surface area contributed by atoms with Crippen LogP contribution in [0.5, 0.6) is 6.01 Å². The zero-order chi connectivity index (χ0) is 11.8. The number of nitrogens with zero attached hydrogens (tertiary/aromatic N) is 3. The van der Waals surface area contributed by atoms with Crippen LogP contribution in [0.25, 0.3) is 0 Å². The van der Waals surface area contributed by atoms with Gasteiger partial charge in [0, 0.05) is 13.0 Å². The molecular weight excluding hydrogens is 228 g/mol. The van der Waals surface area contributed by atoms with Crippen molar-refractivity contribution in [3.8, 4) is 18.4 Å². The molecule has 0 aliphatic carbocycles. The molecule has 16 heavy (non-hydrogen) atoms. The molecule has 5 nitrogen and oxygen atoms in total. The fourth-order valence-corrected chi connectivity index (χ4v) is 1.15. The van der Waals surface area contributed by atoms with Gasteiger partial charge in [-0.2, -0.15) is 15.0 Å². The van der Waals surface area contributed by atoms with Crippen molar-refractivity contribution in [2.75, 3.05) is 18.5 Å². The van der Waals surface area contributed by atoms with Gasteiger partial charge in [0.25, 0.3) is 0 Å². The molecule has 1 aromatic rings. The molecule has 0 unspecified atom stereocenters. The van der Waals surface area contributed by atoms with Gasteiger partial charge in [-0.25, -0.2) is 0 Å². The maximum atomic E-state index is 5.71. The van der Waals surface area contributed by atoms with Gasteiger partial charge in [-0.3, -0.25) is 0 Å². The monoisotopic (exact) mass is 240 g/mol. The van der Waals surface area contributed by atoms with E-state index >= 15 is 0 Å². The molecule has 0 bridgehead atoms. The molecule has 0 amide bonds. The van der Waals surface area contributed by atoms with Gasteiger partial charge in [0.05, 0.1) is 6.61 Å². The van der Waals surface area contributed by atoms with E-state index in [2.05, 4.69) is 26.2 Å². The Hall–Kier alpha value is -1.54. The minimum Gasteiger partial charge on any atom is -0.464 e. The second kappa shape index (κ2) is 6.85. The molecule has 1 N–H and O–H groups in total. The van der Waals surface area contributed by atoms with Crippen LogP contribution in [-0.2, 0) is 0 Å². The molecule has 86 valence electrons. The highest BCUT2D eigenvalue weighted by atomic mass is 35.5. The fraction of sp³-hybridized carbons (Fsp3) is 0.500. The number of nitrogens with one attached hydrogen (secondary N) is 1. The van der Waals surface area contributed by atoms with E-state index < -0.39 is 0 Å². The number of ether oxygens (including phenoxy) is 1. The molecule has 0 aliphatic heterocycles. The Morgan fingerprint density at radius 2 is 2.25 bits per heavy atom. The lowest BCUT2D eigenvalue weighted by Gasteiger charge is -2.05. The summed E-state index contributed by atoms with van der Waals surface area (Å²) < 4.78 is 5.14. The molecule has 1 rings (SSSR count). The van der Waals surface area contributed by atoms with E-state index in [1.165, 1.54) is 0 Å². The van der Waals surface area contributed by atoms with Crippen molar-refractivity contribution < 1.29 is 4.74 Å². The molecule has 0 radical (unpaired) electrons. The van der Waals surface area contributed by atoms with Gasteiger partial charge in [-0.05, 0) is 24.9 Å². The summed E-state index contributed by atoms with van der Waals surface area (Å²) in [6.45, 7) is 3.02. The quantitative estimate of drug-likeness (QED) is 0.606. The number of anilines is 1. The molecule has 0 fully saturated rings. The summed E-state index contributed by atoms with van der Waals surface area (Å²) >= 11 is 5.71. The van der Waals surface area contributed by atoms with Crippen LogP contribution in [0.4, 0.5) is 5.95 Å². The third-order valence-electron chi connectivity index (χ3n) is 1.64. The number of terminal acetylenes is 1. The van der Waals surface area contributed by atoms with Gasteiger partial charge >= 0.3 is 6.01 Å². The smallest absolute Gasteiger partial charge is 0.322 e. The molecule has 0 aromatic carbocycles. The summed E-state index contributed by atoms with van der Waals surface area (Å²) in [5.41, 5.74) is 0. The molecule has 0 aliphatic rings. The first-order valence-corrected chi connectivity index (χ1v) is 5.35. The Bertz CT molecular complexity index is 378. The van der Waals surface area contributed by atoms with Crippen LogP contribution in [0.1, 0.15) is 19.8 Å². The number of rotatable bonds is 6. The van der Waals surface area contributed by atoms with Crippen LogP contribution in [-0.4, -0.2) is 28.1 Å². The zero-order valence-electron chi connectivity index (χ0n) is 9.03. The average Bonchev–Trinajstić information content (AvgIpc) is 2.24. The van der Waals surface area contributed by atoms with Crippen molar-refractivity contribution in [2.24, 2.45) is 0 Å². The summed E-state index contributed by atoms with van der Waals surface area (Å²) in [5, 5.41) is 3.11. The molecule has 1 aromatic heterocycles. The largest absolute Gasteiger partial charge is 0.464 e. The van der Waals surface area contributed by atoms with Gasteiger partial charge in [0.1, 0.15) is 0 Å². The van der Waals surface area contributed by atoms with E-state index in [0.717, 1.165) is 6.42 Å². The van der Waals surface area contributed by atoms with Crippen molar-refractivity contribution in [2.45, 2.75) is 19.8 Å². The SMILES string of the molecule is C#CCCCNc1nc(Cl)nc(OCC)n1. The second-order valence-electron chi connectivity index (χ2n) is 2.88. The van der Waals surface area contributed by atoms with Crippen molar-refractivity contribution in [1.82, 2.24) is 15.0 Å². The maximum absolute atomic E-state index is 5.71.